The minimum Gasteiger partial charge on any atom is -0.465 e. The third kappa shape index (κ3) is 4.18. The van der Waals surface area contributed by atoms with Gasteiger partial charge >= 0.3 is 6.09 Å². The quantitative estimate of drug-likeness (QED) is 0.665. The molecule has 0 bridgehead atoms. The van der Waals surface area contributed by atoms with E-state index < -0.39 is 6.09 Å². The predicted molar refractivity (Wildman–Crippen MR) is 126 cm³/mol. The minimum atomic E-state index is -0.872. The molecule has 1 fully saturated rings. The Bertz CT molecular complexity index is 1190. The van der Waals surface area contributed by atoms with Crippen LogP contribution in [0.3, 0.4) is 0 Å². The van der Waals surface area contributed by atoms with Gasteiger partial charge in [-0.3, -0.25) is 14.7 Å². The average molecular weight is 448 g/mol. The highest BCUT2D eigenvalue weighted by atomic mass is 16.4. The van der Waals surface area contributed by atoms with Crippen LogP contribution in [0, 0.1) is 0 Å². The van der Waals surface area contributed by atoms with Gasteiger partial charge in [0.15, 0.2) is 0 Å². The Hall–Kier alpha value is -3.39. The first-order chi connectivity index (χ1) is 16.0. The van der Waals surface area contributed by atoms with Crippen LogP contribution < -0.4 is 4.90 Å². The van der Waals surface area contributed by atoms with E-state index in [-0.39, 0.29) is 5.91 Å². The van der Waals surface area contributed by atoms with Crippen molar-refractivity contribution in [2.45, 2.75) is 25.8 Å². The summed E-state index contributed by atoms with van der Waals surface area (Å²) in [7, 11) is 2.04. The Labute approximate surface area is 193 Å². The lowest BCUT2D eigenvalue weighted by molar-refractivity contribution is -0.121. The molecule has 1 aromatic carbocycles. The number of anilines is 1. The maximum Gasteiger partial charge on any atom is 0.407 e. The highest BCUT2D eigenvalue weighted by Gasteiger charge is 2.27. The second-order valence-corrected chi connectivity index (χ2v) is 8.89. The number of carbonyl (C=O) groups is 2. The van der Waals surface area contributed by atoms with Gasteiger partial charge in [-0.2, -0.15) is 0 Å². The fraction of sp³-hybridized carbons (Fsp3) is 0.400. The van der Waals surface area contributed by atoms with Crippen LogP contribution >= 0.6 is 0 Å². The molecule has 0 unspecified atom stereocenters. The van der Waals surface area contributed by atoms with Gasteiger partial charge in [0.1, 0.15) is 0 Å². The number of hydrogen-bond acceptors (Lipinski definition) is 4. The van der Waals surface area contributed by atoms with Crippen LogP contribution in [0.1, 0.15) is 23.4 Å². The second kappa shape index (κ2) is 8.86. The first-order valence-electron chi connectivity index (χ1n) is 11.5. The molecule has 1 N–H and O–H groups in total. The monoisotopic (exact) mass is 447 g/mol. The maximum absolute atomic E-state index is 13.0. The summed E-state index contributed by atoms with van der Waals surface area (Å²) >= 11 is 0. The number of pyridine rings is 1. The molecular formula is C25H29N5O3. The van der Waals surface area contributed by atoms with Crippen molar-refractivity contribution in [2.24, 2.45) is 7.05 Å². The number of carbonyl (C=O) groups excluding carboxylic acids is 1. The molecule has 0 atom stereocenters. The van der Waals surface area contributed by atoms with Gasteiger partial charge in [-0.25, -0.2) is 4.79 Å². The number of aryl methyl sites for hydroxylation is 1. The van der Waals surface area contributed by atoms with E-state index in [0.717, 1.165) is 60.2 Å². The molecule has 2 aromatic heterocycles. The molecule has 0 radical (unpaired) electrons. The number of nitrogens with zero attached hydrogens (tertiary/aromatic N) is 5. The van der Waals surface area contributed by atoms with Gasteiger partial charge in [0.05, 0.1) is 18.6 Å². The molecule has 4 heterocycles. The summed E-state index contributed by atoms with van der Waals surface area (Å²) in [6, 6.07) is 12.1. The van der Waals surface area contributed by atoms with Crippen LogP contribution in [-0.4, -0.2) is 69.2 Å². The van der Waals surface area contributed by atoms with Crippen LogP contribution in [0.2, 0.25) is 0 Å². The minimum absolute atomic E-state index is 0.106. The third-order valence-electron chi connectivity index (χ3n) is 6.90. The Morgan fingerprint density at radius 2 is 2.00 bits per heavy atom. The fourth-order valence-corrected chi connectivity index (χ4v) is 5.09. The van der Waals surface area contributed by atoms with Gasteiger partial charge in [-0.15, -0.1) is 0 Å². The zero-order chi connectivity index (χ0) is 22.9. The Kier molecular flexibility index (Phi) is 5.76. The Balaban J connectivity index is 1.33. The van der Waals surface area contributed by atoms with Gasteiger partial charge < -0.3 is 19.5 Å². The van der Waals surface area contributed by atoms with Crippen molar-refractivity contribution in [2.75, 3.05) is 37.6 Å². The van der Waals surface area contributed by atoms with Crippen molar-refractivity contribution in [3.05, 3.63) is 59.5 Å². The van der Waals surface area contributed by atoms with E-state index >= 15 is 0 Å². The fourth-order valence-electron chi connectivity index (χ4n) is 5.09. The summed E-state index contributed by atoms with van der Waals surface area (Å²) in [6.45, 7) is 3.68. The number of aromatic nitrogens is 2. The first-order valence-corrected chi connectivity index (χ1v) is 11.5. The number of fused-ring (bicyclic) bond motifs is 3. The molecule has 0 saturated carbocycles. The molecule has 2 aliphatic rings. The van der Waals surface area contributed by atoms with Crippen molar-refractivity contribution in [3.63, 3.8) is 0 Å². The van der Waals surface area contributed by atoms with Crippen molar-refractivity contribution >= 4 is 28.6 Å². The summed E-state index contributed by atoms with van der Waals surface area (Å²) in [4.78, 5) is 34.5. The number of piperazine rings is 1. The second-order valence-electron chi connectivity index (χ2n) is 8.89. The van der Waals surface area contributed by atoms with Crippen LogP contribution in [0.5, 0.6) is 0 Å². The maximum atomic E-state index is 13.0. The molecular weight excluding hydrogens is 418 g/mol. The largest absolute Gasteiger partial charge is 0.465 e. The van der Waals surface area contributed by atoms with Crippen molar-refractivity contribution in [1.82, 2.24) is 19.4 Å². The summed E-state index contributed by atoms with van der Waals surface area (Å²) in [5.74, 6) is 0.106. The lowest BCUT2D eigenvalue weighted by Crippen LogP contribution is -2.50. The van der Waals surface area contributed by atoms with Crippen molar-refractivity contribution in [1.29, 1.82) is 0 Å². The molecule has 2 aliphatic heterocycles. The van der Waals surface area contributed by atoms with Gasteiger partial charge in [0.2, 0.25) is 5.91 Å². The highest BCUT2D eigenvalue weighted by molar-refractivity contribution is 5.98. The van der Waals surface area contributed by atoms with Crippen LogP contribution in [0.4, 0.5) is 10.5 Å². The average Bonchev–Trinajstić information content (AvgIpc) is 2.96. The van der Waals surface area contributed by atoms with Gasteiger partial charge in [-0.05, 0) is 37.1 Å². The molecule has 3 aromatic rings. The highest BCUT2D eigenvalue weighted by Crippen LogP contribution is 2.33. The zero-order valence-electron chi connectivity index (χ0n) is 18.9. The smallest absolute Gasteiger partial charge is 0.407 e. The number of rotatable bonds is 4. The predicted octanol–water partition coefficient (Wildman–Crippen LogP) is 2.89. The number of amides is 2. The van der Waals surface area contributed by atoms with Gasteiger partial charge in [-0.1, -0.05) is 12.1 Å². The van der Waals surface area contributed by atoms with Crippen LogP contribution in [0.15, 0.2) is 42.6 Å². The summed E-state index contributed by atoms with van der Waals surface area (Å²) in [5, 5.41) is 10.6. The van der Waals surface area contributed by atoms with E-state index in [9.17, 15) is 14.7 Å². The molecule has 8 heteroatoms. The van der Waals surface area contributed by atoms with Crippen LogP contribution in [0.25, 0.3) is 10.9 Å². The number of benzene rings is 1. The van der Waals surface area contributed by atoms with Crippen molar-refractivity contribution in [3.8, 4) is 0 Å². The van der Waals surface area contributed by atoms with E-state index in [4.69, 9.17) is 0 Å². The number of hydrogen-bond donors (Lipinski definition) is 1. The molecule has 33 heavy (non-hydrogen) atoms. The lowest BCUT2D eigenvalue weighted by atomic mass is 10.1. The molecule has 0 spiro atoms. The molecule has 1 saturated heterocycles. The topological polar surface area (TPSA) is 81.9 Å². The Morgan fingerprint density at radius 1 is 1.12 bits per heavy atom. The summed E-state index contributed by atoms with van der Waals surface area (Å²) < 4.78 is 2.17. The van der Waals surface area contributed by atoms with E-state index in [0.29, 0.717) is 26.2 Å². The third-order valence-corrected chi connectivity index (χ3v) is 6.90. The first kappa shape index (κ1) is 21.5. The molecule has 8 nitrogen and oxygen atoms in total. The van der Waals surface area contributed by atoms with Crippen molar-refractivity contribution < 1.29 is 14.7 Å². The molecule has 5 rings (SSSR count). The molecule has 0 aliphatic carbocycles. The normalized spacial score (nSPS) is 17.3. The van der Waals surface area contributed by atoms with E-state index in [1.54, 1.807) is 6.20 Å². The number of carboxylic acid groups (broad SMARTS) is 1. The van der Waals surface area contributed by atoms with E-state index in [1.165, 1.54) is 10.6 Å². The van der Waals surface area contributed by atoms with E-state index in [2.05, 4.69) is 26.6 Å². The zero-order valence-corrected chi connectivity index (χ0v) is 18.9. The van der Waals surface area contributed by atoms with Gasteiger partial charge in [0, 0.05) is 73.9 Å². The summed E-state index contributed by atoms with van der Waals surface area (Å²) in [6.07, 6.45) is 3.44. The molecule has 2 amide bonds. The standard InChI is InChI=1S/C25H29N5O3/c1-27-22-6-4-11-29(25(32)33)16-21(22)20-8-7-19(15-23(20)27)30-14-13-28(17-24(30)31)12-9-18-5-2-3-10-26-18/h2-3,5,7-8,10,15H,4,6,9,11-14,16-17H2,1H3,(H,32,33). The van der Waals surface area contributed by atoms with Gasteiger partial charge in [0.25, 0.3) is 0 Å². The van der Waals surface area contributed by atoms with E-state index in [1.807, 2.05) is 36.2 Å². The lowest BCUT2D eigenvalue weighted by Gasteiger charge is -2.34. The Morgan fingerprint density at radius 3 is 2.76 bits per heavy atom. The summed E-state index contributed by atoms with van der Waals surface area (Å²) in [5.41, 5.74) is 5.28. The molecule has 172 valence electrons. The van der Waals surface area contributed by atoms with Crippen LogP contribution in [-0.2, 0) is 31.2 Å². The SMILES string of the molecule is Cn1c2c(c3ccc(N4CCN(CCc5ccccn5)CC4=O)cc31)CN(C(=O)O)CCC2.